The number of hydrogen-bond donors (Lipinski definition) is 1. The monoisotopic (exact) mass is 452 g/mol. The zero-order chi connectivity index (χ0) is 22.4. The zero-order valence-corrected chi connectivity index (χ0v) is 17.5. The van der Waals surface area contributed by atoms with Crippen LogP contribution in [0.1, 0.15) is 11.4 Å². The van der Waals surface area contributed by atoms with Crippen LogP contribution < -0.4 is 14.8 Å². The van der Waals surface area contributed by atoms with Crippen molar-refractivity contribution in [3.8, 4) is 17.2 Å². The summed E-state index contributed by atoms with van der Waals surface area (Å²) in [7, 11) is 1.59. The molecule has 1 heterocycles. The van der Waals surface area contributed by atoms with Crippen molar-refractivity contribution in [1.29, 1.82) is 0 Å². The first kappa shape index (κ1) is 22.5. The second-order valence-electron chi connectivity index (χ2n) is 6.32. The van der Waals surface area contributed by atoms with Gasteiger partial charge in [-0.15, -0.1) is 23.4 Å². The summed E-state index contributed by atoms with van der Waals surface area (Å²) in [6, 6.07) is 12.7. The smallest absolute Gasteiger partial charge is 0.497 e. The number of thioether (sulfide) groups is 1. The van der Waals surface area contributed by atoms with Crippen molar-refractivity contribution < 1.29 is 27.4 Å². The molecule has 31 heavy (non-hydrogen) atoms. The normalized spacial score (nSPS) is 11.3. The zero-order valence-electron chi connectivity index (χ0n) is 16.6. The SMILES string of the molecule is COc1ccc(-n2c(C)nnc2SCC(=O)NCc2ccc(OC(F)(F)F)cc2)cc1. The van der Waals surface area contributed by atoms with E-state index in [4.69, 9.17) is 4.74 Å². The van der Waals surface area contributed by atoms with Gasteiger partial charge in [0.1, 0.15) is 17.3 Å². The molecular weight excluding hydrogens is 433 g/mol. The maximum absolute atomic E-state index is 12.2. The van der Waals surface area contributed by atoms with E-state index >= 15 is 0 Å². The summed E-state index contributed by atoms with van der Waals surface area (Å²) < 4.78 is 47.4. The average Bonchev–Trinajstić information content (AvgIpc) is 3.11. The third kappa shape index (κ3) is 6.38. The number of ether oxygens (including phenoxy) is 2. The molecule has 0 aliphatic heterocycles. The van der Waals surface area contributed by atoms with Crippen LogP contribution in [0.25, 0.3) is 5.69 Å². The van der Waals surface area contributed by atoms with E-state index < -0.39 is 6.36 Å². The minimum Gasteiger partial charge on any atom is -0.497 e. The number of aryl methyl sites for hydroxylation is 1. The summed E-state index contributed by atoms with van der Waals surface area (Å²) in [5.41, 5.74) is 1.48. The lowest BCUT2D eigenvalue weighted by Gasteiger charge is -2.10. The van der Waals surface area contributed by atoms with Gasteiger partial charge in [-0.1, -0.05) is 23.9 Å². The van der Waals surface area contributed by atoms with E-state index in [0.717, 1.165) is 11.4 Å². The van der Waals surface area contributed by atoms with Crippen molar-refractivity contribution in [2.75, 3.05) is 12.9 Å². The number of nitrogens with zero attached hydrogens (tertiary/aromatic N) is 3. The molecule has 11 heteroatoms. The number of methoxy groups -OCH3 is 1. The first-order valence-corrected chi connectivity index (χ1v) is 10.0. The second kappa shape index (κ2) is 9.73. The van der Waals surface area contributed by atoms with Gasteiger partial charge >= 0.3 is 6.36 Å². The second-order valence-corrected chi connectivity index (χ2v) is 7.26. The van der Waals surface area contributed by atoms with Gasteiger partial charge in [0.15, 0.2) is 5.16 Å². The van der Waals surface area contributed by atoms with Crippen molar-refractivity contribution in [2.45, 2.75) is 25.0 Å². The molecule has 2 aromatic carbocycles. The molecule has 164 valence electrons. The van der Waals surface area contributed by atoms with Crippen LogP contribution in [0.15, 0.2) is 53.7 Å². The lowest BCUT2D eigenvalue weighted by atomic mass is 10.2. The van der Waals surface area contributed by atoms with Crippen LogP contribution in [0.5, 0.6) is 11.5 Å². The van der Waals surface area contributed by atoms with Crippen molar-refractivity contribution in [2.24, 2.45) is 0 Å². The number of aromatic nitrogens is 3. The summed E-state index contributed by atoms with van der Waals surface area (Å²) in [6.45, 7) is 1.99. The van der Waals surface area contributed by atoms with Gasteiger partial charge in [-0.05, 0) is 48.9 Å². The maximum atomic E-state index is 12.2. The van der Waals surface area contributed by atoms with Crippen LogP contribution in [-0.2, 0) is 11.3 Å². The summed E-state index contributed by atoms with van der Waals surface area (Å²) in [4.78, 5) is 12.2. The van der Waals surface area contributed by atoms with Gasteiger partial charge in [0, 0.05) is 12.2 Å². The van der Waals surface area contributed by atoms with E-state index in [9.17, 15) is 18.0 Å². The van der Waals surface area contributed by atoms with E-state index in [1.807, 2.05) is 35.8 Å². The number of nitrogens with one attached hydrogen (secondary N) is 1. The van der Waals surface area contributed by atoms with Crippen molar-refractivity contribution in [3.63, 3.8) is 0 Å². The molecule has 3 rings (SSSR count). The third-order valence-electron chi connectivity index (χ3n) is 4.10. The van der Waals surface area contributed by atoms with E-state index in [1.54, 1.807) is 7.11 Å². The average molecular weight is 452 g/mol. The highest BCUT2D eigenvalue weighted by Crippen LogP contribution is 2.24. The minimum atomic E-state index is -4.74. The summed E-state index contributed by atoms with van der Waals surface area (Å²) in [6.07, 6.45) is -4.74. The highest BCUT2D eigenvalue weighted by molar-refractivity contribution is 7.99. The van der Waals surface area contributed by atoms with E-state index in [0.29, 0.717) is 16.5 Å². The Morgan fingerprint density at radius 2 is 1.71 bits per heavy atom. The van der Waals surface area contributed by atoms with Crippen molar-refractivity contribution in [3.05, 3.63) is 59.9 Å². The van der Waals surface area contributed by atoms with Gasteiger partial charge in [-0.3, -0.25) is 9.36 Å². The van der Waals surface area contributed by atoms with Gasteiger partial charge in [0.25, 0.3) is 0 Å². The molecule has 1 N–H and O–H groups in total. The molecule has 0 spiro atoms. The maximum Gasteiger partial charge on any atom is 0.573 e. The van der Waals surface area contributed by atoms with Gasteiger partial charge in [0.05, 0.1) is 12.9 Å². The molecule has 0 radical (unpaired) electrons. The summed E-state index contributed by atoms with van der Waals surface area (Å²) in [5, 5.41) is 11.5. The fraction of sp³-hybridized carbons (Fsp3) is 0.250. The molecule has 7 nitrogen and oxygen atoms in total. The van der Waals surface area contributed by atoms with Crippen molar-refractivity contribution in [1.82, 2.24) is 20.1 Å². The Labute approximate surface area is 180 Å². The molecule has 0 aliphatic carbocycles. The largest absolute Gasteiger partial charge is 0.573 e. The quantitative estimate of drug-likeness (QED) is 0.523. The Balaban J connectivity index is 1.54. The number of rotatable bonds is 8. The molecule has 0 saturated heterocycles. The fourth-order valence-corrected chi connectivity index (χ4v) is 3.48. The van der Waals surface area contributed by atoms with Gasteiger partial charge in [-0.25, -0.2) is 0 Å². The molecule has 1 aromatic heterocycles. The minimum absolute atomic E-state index is 0.101. The Kier molecular flexibility index (Phi) is 7.06. The molecule has 0 unspecified atom stereocenters. The van der Waals surface area contributed by atoms with E-state index in [2.05, 4.69) is 20.3 Å². The number of carbonyl (C=O) groups is 1. The number of halogens is 3. The highest BCUT2D eigenvalue weighted by atomic mass is 32.2. The lowest BCUT2D eigenvalue weighted by molar-refractivity contribution is -0.274. The molecule has 0 bridgehead atoms. The molecule has 0 atom stereocenters. The van der Waals surface area contributed by atoms with Gasteiger partial charge < -0.3 is 14.8 Å². The Morgan fingerprint density at radius 3 is 2.32 bits per heavy atom. The molecule has 3 aromatic rings. The Hall–Kier alpha value is -3.21. The van der Waals surface area contributed by atoms with E-state index in [1.165, 1.54) is 36.0 Å². The standard InChI is InChI=1S/C20H19F3N4O3S/c1-13-25-26-19(27(13)15-5-9-16(29-2)10-6-15)31-12-18(28)24-11-14-3-7-17(8-4-14)30-20(21,22)23/h3-10H,11-12H2,1-2H3,(H,24,28). The summed E-state index contributed by atoms with van der Waals surface area (Å²) in [5.74, 6) is 0.938. The van der Waals surface area contributed by atoms with Crippen molar-refractivity contribution >= 4 is 17.7 Å². The Morgan fingerprint density at radius 1 is 1.06 bits per heavy atom. The van der Waals surface area contributed by atoms with Gasteiger partial charge in [-0.2, -0.15) is 0 Å². The first-order chi connectivity index (χ1) is 14.7. The van der Waals surface area contributed by atoms with Crippen LogP contribution in [-0.4, -0.2) is 39.9 Å². The number of alkyl halides is 3. The predicted molar refractivity (Wildman–Crippen MR) is 108 cm³/mol. The highest BCUT2D eigenvalue weighted by Gasteiger charge is 2.30. The molecule has 0 fully saturated rings. The molecule has 0 aliphatic rings. The summed E-state index contributed by atoms with van der Waals surface area (Å²) >= 11 is 1.23. The number of hydrogen-bond acceptors (Lipinski definition) is 6. The third-order valence-corrected chi connectivity index (χ3v) is 5.03. The predicted octanol–water partition coefficient (Wildman–Crippen LogP) is 3.89. The van der Waals surface area contributed by atoms with Crippen LogP contribution in [0.3, 0.4) is 0 Å². The number of amides is 1. The van der Waals surface area contributed by atoms with Crippen LogP contribution in [0.4, 0.5) is 13.2 Å². The molecule has 0 saturated carbocycles. The van der Waals surface area contributed by atoms with E-state index in [-0.39, 0.29) is 24.0 Å². The van der Waals surface area contributed by atoms with Crippen LogP contribution in [0, 0.1) is 6.92 Å². The fourth-order valence-electron chi connectivity index (χ4n) is 2.66. The van der Waals surface area contributed by atoms with Crippen LogP contribution in [0.2, 0.25) is 0 Å². The Bertz CT molecular complexity index is 1020. The van der Waals surface area contributed by atoms with Gasteiger partial charge in [0.2, 0.25) is 5.91 Å². The van der Waals surface area contributed by atoms with Crippen LogP contribution >= 0.6 is 11.8 Å². The number of carbonyl (C=O) groups excluding carboxylic acids is 1. The lowest BCUT2D eigenvalue weighted by Crippen LogP contribution is -2.24. The first-order valence-electron chi connectivity index (χ1n) is 9.06. The molecule has 1 amide bonds. The number of benzene rings is 2. The molecular formula is C20H19F3N4O3S. The topological polar surface area (TPSA) is 78.3 Å².